The van der Waals surface area contributed by atoms with E-state index in [1.807, 2.05) is 0 Å². The van der Waals surface area contributed by atoms with E-state index >= 15 is 0 Å². The summed E-state index contributed by atoms with van der Waals surface area (Å²) < 4.78 is 18.7. The maximum absolute atomic E-state index is 13.7. The van der Waals surface area contributed by atoms with Crippen molar-refractivity contribution >= 4 is 34.2 Å². The summed E-state index contributed by atoms with van der Waals surface area (Å²) >= 11 is 0. The molecule has 6 nitrogen and oxygen atoms in total. The third-order valence-corrected chi connectivity index (χ3v) is 3.78. The first-order valence-electron chi connectivity index (χ1n) is 7.92. The van der Waals surface area contributed by atoms with Gasteiger partial charge in [0.1, 0.15) is 11.4 Å². The Balaban J connectivity index is 1.95. The zero-order chi connectivity index (χ0) is 18.7. The zero-order valence-corrected chi connectivity index (χ0v) is 14.0. The van der Waals surface area contributed by atoms with Gasteiger partial charge in [-0.1, -0.05) is 12.1 Å². The van der Waals surface area contributed by atoms with Crippen molar-refractivity contribution in [1.29, 1.82) is 0 Å². The molecule has 0 fully saturated rings. The molecule has 3 aromatic rings. The predicted octanol–water partition coefficient (Wildman–Crippen LogP) is 3.39. The molecule has 1 heterocycles. The summed E-state index contributed by atoms with van der Waals surface area (Å²) in [5.74, 6) is -1.77. The number of pyridine rings is 1. The summed E-state index contributed by atoms with van der Waals surface area (Å²) in [6, 6.07) is 10.5. The van der Waals surface area contributed by atoms with Crippen LogP contribution in [0.25, 0.3) is 10.9 Å². The molecule has 3 rings (SSSR count). The summed E-state index contributed by atoms with van der Waals surface area (Å²) in [7, 11) is 0. The lowest BCUT2D eigenvalue weighted by Crippen LogP contribution is -2.14. The summed E-state index contributed by atoms with van der Waals surface area (Å²) in [4.78, 5) is 28.4. The Morgan fingerprint density at radius 3 is 2.69 bits per heavy atom. The third kappa shape index (κ3) is 3.32. The molecule has 0 unspecified atom stereocenters. The number of nitrogens with one attached hydrogen (secondary N) is 1. The van der Waals surface area contributed by atoms with Crippen LogP contribution in [0.15, 0.2) is 48.7 Å². The van der Waals surface area contributed by atoms with Gasteiger partial charge >= 0.3 is 5.97 Å². The highest BCUT2D eigenvalue weighted by Gasteiger charge is 2.16. The van der Waals surface area contributed by atoms with E-state index in [2.05, 4.69) is 10.3 Å². The van der Waals surface area contributed by atoms with Crippen LogP contribution in [0.3, 0.4) is 0 Å². The second kappa shape index (κ2) is 7.18. The van der Waals surface area contributed by atoms with Crippen LogP contribution < -0.4 is 11.1 Å². The standard InChI is InChI=1S/C19H16FN3O3/c1-2-26-19(25)14-10-22-16-8-7-11(9-13(16)17(14)21)23-18(24)12-5-3-4-6-15(12)20/h3-10H,2H2,1H3,(H2,21,22)(H,23,24). The van der Waals surface area contributed by atoms with E-state index in [9.17, 15) is 14.0 Å². The average molecular weight is 353 g/mol. The number of anilines is 2. The van der Waals surface area contributed by atoms with E-state index in [4.69, 9.17) is 10.5 Å². The van der Waals surface area contributed by atoms with Crippen molar-refractivity contribution in [3.05, 3.63) is 65.6 Å². The summed E-state index contributed by atoms with van der Waals surface area (Å²) in [5, 5.41) is 3.10. The number of halogens is 1. The first-order valence-corrected chi connectivity index (χ1v) is 7.92. The molecule has 7 heteroatoms. The molecule has 2 aromatic carbocycles. The van der Waals surface area contributed by atoms with Crippen LogP contribution in [-0.2, 0) is 4.74 Å². The van der Waals surface area contributed by atoms with E-state index in [0.717, 1.165) is 0 Å². The molecule has 0 atom stereocenters. The number of nitrogen functional groups attached to an aromatic ring is 1. The normalized spacial score (nSPS) is 10.5. The van der Waals surface area contributed by atoms with E-state index in [1.54, 1.807) is 31.2 Å². The van der Waals surface area contributed by atoms with Crippen molar-refractivity contribution in [2.75, 3.05) is 17.7 Å². The number of carbonyl (C=O) groups is 2. The number of amides is 1. The molecular formula is C19H16FN3O3. The Hall–Kier alpha value is -3.48. The lowest BCUT2D eigenvalue weighted by molar-refractivity contribution is 0.0527. The first kappa shape index (κ1) is 17.3. The second-order valence-electron chi connectivity index (χ2n) is 5.47. The fourth-order valence-corrected chi connectivity index (χ4v) is 2.51. The Bertz CT molecular complexity index is 1000. The van der Waals surface area contributed by atoms with Crippen molar-refractivity contribution in [3.8, 4) is 0 Å². The van der Waals surface area contributed by atoms with Crippen LogP contribution in [0.4, 0.5) is 15.8 Å². The van der Waals surface area contributed by atoms with Gasteiger partial charge in [-0.25, -0.2) is 9.18 Å². The molecule has 0 aliphatic carbocycles. The molecule has 0 bridgehead atoms. The lowest BCUT2D eigenvalue weighted by atomic mass is 10.1. The van der Waals surface area contributed by atoms with E-state index in [-0.39, 0.29) is 23.4 Å². The van der Waals surface area contributed by atoms with Gasteiger partial charge in [0.2, 0.25) is 0 Å². The highest BCUT2D eigenvalue weighted by Crippen LogP contribution is 2.27. The number of esters is 1. The minimum absolute atomic E-state index is 0.0704. The Labute approximate surface area is 148 Å². The smallest absolute Gasteiger partial charge is 0.341 e. The number of hydrogen-bond acceptors (Lipinski definition) is 5. The fourth-order valence-electron chi connectivity index (χ4n) is 2.51. The van der Waals surface area contributed by atoms with Crippen LogP contribution in [0.5, 0.6) is 0 Å². The van der Waals surface area contributed by atoms with Crippen molar-refractivity contribution in [2.45, 2.75) is 6.92 Å². The van der Waals surface area contributed by atoms with Crippen LogP contribution in [0, 0.1) is 5.82 Å². The molecule has 0 radical (unpaired) electrons. The number of benzene rings is 2. The lowest BCUT2D eigenvalue weighted by Gasteiger charge is -2.10. The number of rotatable bonds is 4. The van der Waals surface area contributed by atoms with E-state index in [1.165, 1.54) is 24.4 Å². The molecule has 26 heavy (non-hydrogen) atoms. The van der Waals surface area contributed by atoms with Crippen LogP contribution in [0.2, 0.25) is 0 Å². The molecule has 0 spiro atoms. The minimum atomic E-state index is -0.614. The number of carbonyl (C=O) groups excluding carboxylic acids is 2. The SMILES string of the molecule is CCOC(=O)c1cnc2ccc(NC(=O)c3ccccc3F)cc2c1N. The van der Waals surface area contributed by atoms with Crippen molar-refractivity contribution in [3.63, 3.8) is 0 Å². The van der Waals surface area contributed by atoms with Crippen LogP contribution >= 0.6 is 0 Å². The number of nitrogens with zero attached hydrogens (tertiary/aromatic N) is 1. The van der Waals surface area contributed by atoms with E-state index in [0.29, 0.717) is 16.6 Å². The maximum Gasteiger partial charge on any atom is 0.341 e. The average Bonchev–Trinajstić information content (AvgIpc) is 2.63. The van der Waals surface area contributed by atoms with Gasteiger partial charge in [0.25, 0.3) is 5.91 Å². The quantitative estimate of drug-likeness (QED) is 0.701. The Morgan fingerprint density at radius 1 is 1.19 bits per heavy atom. The molecule has 0 aliphatic rings. The van der Waals surface area contributed by atoms with Crippen molar-refractivity contribution < 1.29 is 18.7 Å². The molecule has 0 aliphatic heterocycles. The Morgan fingerprint density at radius 2 is 1.96 bits per heavy atom. The number of hydrogen-bond donors (Lipinski definition) is 2. The Kier molecular flexibility index (Phi) is 4.79. The molecule has 0 saturated heterocycles. The highest BCUT2D eigenvalue weighted by atomic mass is 19.1. The van der Waals surface area contributed by atoms with Gasteiger partial charge < -0.3 is 15.8 Å². The number of aromatic nitrogens is 1. The first-order chi connectivity index (χ1) is 12.5. The maximum atomic E-state index is 13.7. The fraction of sp³-hybridized carbons (Fsp3) is 0.105. The monoisotopic (exact) mass is 353 g/mol. The second-order valence-corrected chi connectivity index (χ2v) is 5.47. The molecule has 1 aromatic heterocycles. The molecule has 0 saturated carbocycles. The van der Waals surface area contributed by atoms with Crippen LogP contribution in [0.1, 0.15) is 27.6 Å². The van der Waals surface area contributed by atoms with Crippen LogP contribution in [-0.4, -0.2) is 23.5 Å². The van der Waals surface area contributed by atoms with Gasteiger partial charge in [-0.3, -0.25) is 9.78 Å². The number of nitrogens with two attached hydrogens (primary N) is 1. The molecule has 3 N–H and O–H groups in total. The van der Waals surface area contributed by atoms with Crippen molar-refractivity contribution in [1.82, 2.24) is 4.98 Å². The third-order valence-electron chi connectivity index (χ3n) is 3.78. The number of ether oxygens (including phenoxy) is 1. The molecule has 132 valence electrons. The zero-order valence-electron chi connectivity index (χ0n) is 14.0. The van der Waals surface area contributed by atoms with Gasteiger partial charge in [0, 0.05) is 17.3 Å². The highest BCUT2D eigenvalue weighted by molar-refractivity contribution is 6.08. The van der Waals surface area contributed by atoms with Gasteiger partial charge in [0.15, 0.2) is 0 Å². The van der Waals surface area contributed by atoms with Gasteiger partial charge in [0.05, 0.1) is 23.4 Å². The number of fused-ring (bicyclic) bond motifs is 1. The molecular weight excluding hydrogens is 337 g/mol. The van der Waals surface area contributed by atoms with E-state index < -0.39 is 17.7 Å². The topological polar surface area (TPSA) is 94.3 Å². The van der Waals surface area contributed by atoms with Crippen molar-refractivity contribution in [2.24, 2.45) is 0 Å². The summed E-state index contributed by atoms with van der Waals surface area (Å²) in [6.45, 7) is 1.91. The summed E-state index contributed by atoms with van der Waals surface area (Å²) in [5.41, 5.74) is 7.31. The predicted molar refractivity (Wildman–Crippen MR) is 96.5 cm³/mol. The largest absolute Gasteiger partial charge is 0.462 e. The molecule has 1 amide bonds. The minimum Gasteiger partial charge on any atom is -0.462 e. The van der Waals surface area contributed by atoms with Gasteiger partial charge in [-0.2, -0.15) is 0 Å². The summed E-state index contributed by atoms with van der Waals surface area (Å²) in [6.07, 6.45) is 1.35. The van der Waals surface area contributed by atoms with Gasteiger partial charge in [-0.05, 0) is 37.3 Å². The van der Waals surface area contributed by atoms with Gasteiger partial charge in [-0.15, -0.1) is 0 Å².